The molecule has 1 rings (SSSR count). The Kier molecular flexibility index (Phi) is 4.73. The number of sulfone groups is 1. The molecule has 0 aromatic heterocycles. The lowest BCUT2D eigenvalue weighted by Crippen LogP contribution is -2.21. The van der Waals surface area contributed by atoms with Crippen molar-refractivity contribution in [3.8, 4) is 0 Å². The van der Waals surface area contributed by atoms with Crippen molar-refractivity contribution < 1.29 is 8.42 Å². The Morgan fingerprint density at radius 3 is 2.64 bits per heavy atom. The highest BCUT2D eigenvalue weighted by atomic mass is 32.2. The smallest absolute Gasteiger partial charge is 0.148 e. The van der Waals surface area contributed by atoms with Crippen LogP contribution in [0.5, 0.6) is 0 Å². The Hall–Kier alpha value is 0.260. The number of hydrogen-bond donors (Lipinski definition) is 1. The molecule has 2 unspecified atom stereocenters. The number of thioether (sulfide) groups is 1. The van der Waals surface area contributed by atoms with Gasteiger partial charge in [0.15, 0.2) is 0 Å². The lowest BCUT2D eigenvalue weighted by atomic mass is 10.3. The minimum atomic E-state index is -2.77. The zero-order valence-electron chi connectivity index (χ0n) is 8.82. The summed E-state index contributed by atoms with van der Waals surface area (Å²) in [6.07, 6.45) is 4.94. The first-order valence-corrected chi connectivity index (χ1v) is 8.09. The molecular formula is C9H19NO2S2. The van der Waals surface area contributed by atoms with E-state index in [4.69, 9.17) is 0 Å². The van der Waals surface area contributed by atoms with E-state index in [1.54, 1.807) is 0 Å². The Balaban J connectivity index is 2.15. The van der Waals surface area contributed by atoms with Crippen molar-refractivity contribution in [1.29, 1.82) is 0 Å². The van der Waals surface area contributed by atoms with Crippen molar-refractivity contribution in [1.82, 2.24) is 5.32 Å². The van der Waals surface area contributed by atoms with Gasteiger partial charge in [-0.15, -0.1) is 0 Å². The van der Waals surface area contributed by atoms with E-state index >= 15 is 0 Å². The predicted molar refractivity (Wildman–Crippen MR) is 62.7 cm³/mol. The summed E-state index contributed by atoms with van der Waals surface area (Å²) in [5.74, 6) is 1.07. The maximum atomic E-state index is 10.9. The fraction of sp³-hybridized carbons (Fsp3) is 1.00. The topological polar surface area (TPSA) is 46.2 Å². The van der Waals surface area contributed by atoms with E-state index in [1.807, 2.05) is 18.8 Å². The van der Waals surface area contributed by atoms with Crippen LogP contribution >= 0.6 is 11.8 Å². The summed E-state index contributed by atoms with van der Waals surface area (Å²) in [5, 5.41) is 3.93. The van der Waals surface area contributed by atoms with Gasteiger partial charge in [-0.1, -0.05) is 0 Å². The Morgan fingerprint density at radius 1 is 1.43 bits per heavy atom. The molecule has 3 nitrogen and oxygen atoms in total. The van der Waals surface area contributed by atoms with Gasteiger partial charge in [0.05, 0.1) is 5.75 Å². The molecule has 0 amide bonds. The number of hydrogen-bond acceptors (Lipinski definition) is 4. The van der Waals surface area contributed by atoms with E-state index in [-0.39, 0.29) is 0 Å². The van der Waals surface area contributed by atoms with Gasteiger partial charge >= 0.3 is 0 Å². The largest absolute Gasteiger partial charge is 0.317 e. The van der Waals surface area contributed by atoms with Crippen molar-refractivity contribution in [3.63, 3.8) is 0 Å². The third kappa shape index (κ3) is 4.66. The van der Waals surface area contributed by atoms with Crippen LogP contribution in [0.3, 0.4) is 0 Å². The maximum absolute atomic E-state index is 10.9. The molecule has 1 N–H and O–H groups in total. The quantitative estimate of drug-likeness (QED) is 0.772. The molecule has 0 spiro atoms. The standard InChI is InChI=1S/C9H19NO2S2/c1-10-8-3-4-9(7-8)13-5-6-14(2,11)12/h8-10H,3-7H2,1-2H3. The van der Waals surface area contributed by atoms with Crippen LogP contribution in [0.15, 0.2) is 0 Å². The summed E-state index contributed by atoms with van der Waals surface area (Å²) in [6.45, 7) is 0. The number of rotatable bonds is 5. The second kappa shape index (κ2) is 5.37. The van der Waals surface area contributed by atoms with Gasteiger partial charge in [-0.3, -0.25) is 0 Å². The van der Waals surface area contributed by atoms with Crippen LogP contribution in [0.4, 0.5) is 0 Å². The highest BCUT2D eigenvalue weighted by Gasteiger charge is 2.23. The van der Waals surface area contributed by atoms with E-state index in [0.717, 1.165) is 5.75 Å². The van der Waals surface area contributed by atoms with E-state index in [1.165, 1.54) is 25.5 Å². The number of nitrogens with one attached hydrogen (secondary N) is 1. The summed E-state index contributed by atoms with van der Waals surface area (Å²) in [5.41, 5.74) is 0. The first-order chi connectivity index (χ1) is 6.51. The average molecular weight is 237 g/mol. The molecule has 0 bridgehead atoms. The van der Waals surface area contributed by atoms with Crippen LogP contribution < -0.4 is 5.32 Å². The maximum Gasteiger partial charge on any atom is 0.148 e. The van der Waals surface area contributed by atoms with Crippen molar-refractivity contribution in [2.24, 2.45) is 0 Å². The zero-order valence-corrected chi connectivity index (χ0v) is 10.5. The molecule has 0 aromatic rings. The van der Waals surface area contributed by atoms with Crippen LogP contribution in [0.1, 0.15) is 19.3 Å². The minimum absolute atomic E-state index is 0.318. The molecular weight excluding hydrogens is 218 g/mol. The third-order valence-electron chi connectivity index (χ3n) is 2.60. The van der Waals surface area contributed by atoms with Crippen molar-refractivity contribution in [3.05, 3.63) is 0 Å². The lowest BCUT2D eigenvalue weighted by Gasteiger charge is -2.09. The molecule has 2 atom stereocenters. The van der Waals surface area contributed by atoms with Gasteiger partial charge in [-0.05, 0) is 26.3 Å². The molecule has 1 fully saturated rings. The molecule has 0 saturated heterocycles. The summed E-state index contributed by atoms with van der Waals surface area (Å²) < 4.78 is 21.8. The third-order valence-corrected chi connectivity index (χ3v) is 5.14. The van der Waals surface area contributed by atoms with E-state index in [2.05, 4.69) is 5.32 Å². The second-order valence-corrected chi connectivity index (χ2v) is 7.59. The normalized spacial score (nSPS) is 28.1. The summed E-state index contributed by atoms with van der Waals surface area (Å²) in [6, 6.07) is 0.644. The highest BCUT2D eigenvalue weighted by molar-refractivity contribution is 8.01. The molecule has 1 aliphatic carbocycles. The molecule has 14 heavy (non-hydrogen) atoms. The van der Waals surface area contributed by atoms with Crippen LogP contribution in [0.25, 0.3) is 0 Å². The van der Waals surface area contributed by atoms with E-state index in [0.29, 0.717) is 17.0 Å². The average Bonchev–Trinajstić information content (AvgIpc) is 2.50. The molecule has 0 radical (unpaired) electrons. The molecule has 1 saturated carbocycles. The van der Waals surface area contributed by atoms with Crippen LogP contribution in [-0.4, -0.2) is 44.5 Å². The Labute approximate surface area is 91.0 Å². The van der Waals surface area contributed by atoms with Gasteiger partial charge in [-0.2, -0.15) is 11.8 Å². The molecule has 84 valence electrons. The van der Waals surface area contributed by atoms with Crippen molar-refractivity contribution >= 4 is 21.6 Å². The molecule has 0 aliphatic heterocycles. The predicted octanol–water partition coefficient (Wildman–Crippen LogP) is 0.905. The first kappa shape index (κ1) is 12.3. The van der Waals surface area contributed by atoms with E-state index in [9.17, 15) is 8.42 Å². The monoisotopic (exact) mass is 237 g/mol. The van der Waals surface area contributed by atoms with Crippen LogP contribution in [-0.2, 0) is 9.84 Å². The van der Waals surface area contributed by atoms with Crippen molar-refractivity contribution in [2.75, 3.05) is 24.8 Å². The summed E-state index contributed by atoms with van der Waals surface area (Å²) in [7, 11) is -0.777. The fourth-order valence-electron chi connectivity index (χ4n) is 1.72. The fourth-order valence-corrected chi connectivity index (χ4v) is 4.32. The summed E-state index contributed by atoms with van der Waals surface area (Å²) in [4.78, 5) is 0. The van der Waals surface area contributed by atoms with Gasteiger partial charge in [0.25, 0.3) is 0 Å². The molecule has 0 heterocycles. The zero-order chi connectivity index (χ0) is 10.6. The molecule has 0 aromatic carbocycles. The molecule has 1 aliphatic rings. The van der Waals surface area contributed by atoms with Gasteiger partial charge in [-0.25, -0.2) is 8.42 Å². The first-order valence-electron chi connectivity index (χ1n) is 4.98. The lowest BCUT2D eigenvalue weighted by molar-refractivity contribution is 0.583. The van der Waals surface area contributed by atoms with Crippen LogP contribution in [0.2, 0.25) is 0 Å². The summed E-state index contributed by atoms with van der Waals surface area (Å²) >= 11 is 1.81. The minimum Gasteiger partial charge on any atom is -0.317 e. The molecule has 5 heteroatoms. The highest BCUT2D eigenvalue weighted by Crippen LogP contribution is 2.29. The van der Waals surface area contributed by atoms with Crippen LogP contribution in [0, 0.1) is 0 Å². The Morgan fingerprint density at radius 2 is 2.14 bits per heavy atom. The van der Waals surface area contributed by atoms with E-state index < -0.39 is 9.84 Å². The van der Waals surface area contributed by atoms with Gasteiger partial charge in [0.1, 0.15) is 9.84 Å². The van der Waals surface area contributed by atoms with Gasteiger partial charge in [0.2, 0.25) is 0 Å². The SMILES string of the molecule is CNC1CCC(SCCS(C)(=O)=O)C1. The van der Waals surface area contributed by atoms with Gasteiger partial charge < -0.3 is 5.32 Å². The van der Waals surface area contributed by atoms with Crippen molar-refractivity contribution in [2.45, 2.75) is 30.6 Å². The van der Waals surface area contributed by atoms with Gasteiger partial charge in [0, 0.05) is 23.3 Å². The Bertz CT molecular complexity index is 264. The second-order valence-electron chi connectivity index (χ2n) is 3.92.